The number of hydrogen-bond donors (Lipinski definition) is 1. The fourth-order valence-corrected chi connectivity index (χ4v) is 3.50. The number of likely N-dealkylation sites (tertiary alicyclic amines) is 1. The minimum atomic E-state index is 0.786. The Morgan fingerprint density at radius 3 is 2.58 bits per heavy atom. The Labute approximate surface area is 142 Å². The van der Waals surface area contributed by atoms with Crippen LogP contribution in [0.4, 0.5) is 5.69 Å². The van der Waals surface area contributed by atoms with Crippen LogP contribution in [0.5, 0.6) is 0 Å². The highest BCUT2D eigenvalue weighted by Gasteiger charge is 2.20. The summed E-state index contributed by atoms with van der Waals surface area (Å²) in [7, 11) is 0. The lowest BCUT2D eigenvalue weighted by Crippen LogP contribution is -2.32. The van der Waals surface area contributed by atoms with Gasteiger partial charge in [0.15, 0.2) is 0 Å². The molecule has 0 amide bonds. The molecule has 2 N–H and O–H groups in total. The molecule has 0 bridgehead atoms. The van der Waals surface area contributed by atoms with Crippen LogP contribution in [0, 0.1) is 5.92 Å². The summed E-state index contributed by atoms with van der Waals surface area (Å²) in [5, 5.41) is 0. The van der Waals surface area contributed by atoms with Gasteiger partial charge in [-0.25, -0.2) is 4.98 Å². The molecule has 3 heterocycles. The molecule has 1 aromatic carbocycles. The van der Waals surface area contributed by atoms with Crippen molar-refractivity contribution in [3.05, 3.63) is 54.4 Å². The summed E-state index contributed by atoms with van der Waals surface area (Å²) in [6, 6.07) is 14.2. The van der Waals surface area contributed by atoms with Crippen molar-refractivity contribution in [1.29, 1.82) is 0 Å². The maximum Gasteiger partial charge on any atom is 0.137 e. The van der Waals surface area contributed by atoms with Gasteiger partial charge in [0.2, 0.25) is 0 Å². The third kappa shape index (κ3) is 2.89. The van der Waals surface area contributed by atoms with E-state index in [1.54, 1.807) is 0 Å². The van der Waals surface area contributed by atoms with Gasteiger partial charge in [0.1, 0.15) is 5.65 Å². The van der Waals surface area contributed by atoms with Crippen molar-refractivity contribution in [3.63, 3.8) is 0 Å². The largest absolute Gasteiger partial charge is 0.399 e. The Morgan fingerprint density at radius 1 is 1.08 bits per heavy atom. The zero-order chi connectivity index (χ0) is 16.5. The van der Waals surface area contributed by atoms with E-state index < -0.39 is 0 Å². The Morgan fingerprint density at radius 2 is 1.83 bits per heavy atom. The summed E-state index contributed by atoms with van der Waals surface area (Å²) < 4.78 is 2.23. The van der Waals surface area contributed by atoms with Crippen molar-refractivity contribution < 1.29 is 0 Å². The van der Waals surface area contributed by atoms with Crippen LogP contribution in [-0.2, 0) is 6.54 Å². The molecule has 1 saturated heterocycles. The molecule has 3 aromatic rings. The first-order chi connectivity index (χ1) is 11.7. The number of aromatic nitrogens is 2. The molecule has 4 rings (SSSR count). The SMILES string of the molecule is CC1CCN(Cc2c(-c3ccc(N)cc3)nc3ccccn23)CC1. The van der Waals surface area contributed by atoms with Crippen molar-refractivity contribution in [3.8, 4) is 11.3 Å². The van der Waals surface area contributed by atoms with E-state index in [1.165, 1.54) is 31.6 Å². The topological polar surface area (TPSA) is 46.6 Å². The lowest BCUT2D eigenvalue weighted by Gasteiger charge is -2.30. The number of rotatable bonds is 3. The van der Waals surface area contributed by atoms with E-state index in [4.69, 9.17) is 10.7 Å². The average molecular weight is 320 g/mol. The standard InChI is InChI=1S/C20H24N4/c1-15-9-12-23(13-10-15)14-18-20(16-5-7-17(21)8-6-16)22-19-4-2-3-11-24(18)19/h2-8,11,15H,9-10,12-14,21H2,1H3. The van der Waals surface area contributed by atoms with Crippen LogP contribution in [0.25, 0.3) is 16.9 Å². The summed E-state index contributed by atoms with van der Waals surface area (Å²) in [6.07, 6.45) is 4.69. The van der Waals surface area contributed by atoms with Gasteiger partial charge < -0.3 is 10.1 Å². The van der Waals surface area contributed by atoms with Crippen LogP contribution >= 0.6 is 0 Å². The van der Waals surface area contributed by atoms with Crippen molar-refractivity contribution in [2.45, 2.75) is 26.3 Å². The van der Waals surface area contributed by atoms with Crippen molar-refractivity contribution in [2.75, 3.05) is 18.8 Å². The molecule has 2 aromatic heterocycles. The Kier molecular flexibility index (Phi) is 3.98. The maximum absolute atomic E-state index is 5.85. The van der Waals surface area contributed by atoms with E-state index in [0.29, 0.717) is 0 Å². The number of nitrogens with two attached hydrogens (primary N) is 1. The van der Waals surface area contributed by atoms with Crippen molar-refractivity contribution in [2.24, 2.45) is 5.92 Å². The summed E-state index contributed by atoms with van der Waals surface area (Å²) in [4.78, 5) is 7.44. The summed E-state index contributed by atoms with van der Waals surface area (Å²) in [5.41, 5.74) is 11.1. The van der Waals surface area contributed by atoms with Gasteiger partial charge in [0.05, 0.1) is 11.4 Å². The van der Waals surface area contributed by atoms with Gasteiger partial charge in [0.25, 0.3) is 0 Å². The molecule has 0 radical (unpaired) electrons. The molecule has 0 spiro atoms. The minimum Gasteiger partial charge on any atom is -0.399 e. The molecular weight excluding hydrogens is 296 g/mol. The van der Waals surface area contributed by atoms with E-state index in [2.05, 4.69) is 46.7 Å². The molecule has 4 nitrogen and oxygen atoms in total. The minimum absolute atomic E-state index is 0.786. The Bertz CT molecular complexity index is 826. The molecule has 4 heteroatoms. The zero-order valence-corrected chi connectivity index (χ0v) is 14.2. The van der Waals surface area contributed by atoms with Crippen molar-refractivity contribution in [1.82, 2.24) is 14.3 Å². The molecule has 1 fully saturated rings. The fraction of sp³-hybridized carbons (Fsp3) is 0.350. The average Bonchev–Trinajstić information content (AvgIpc) is 2.96. The number of anilines is 1. The van der Waals surface area contributed by atoms with Crippen LogP contribution in [0.2, 0.25) is 0 Å². The van der Waals surface area contributed by atoms with Gasteiger partial charge in [0, 0.05) is 24.0 Å². The highest BCUT2D eigenvalue weighted by molar-refractivity contribution is 5.68. The maximum atomic E-state index is 5.85. The monoisotopic (exact) mass is 320 g/mol. The summed E-state index contributed by atoms with van der Waals surface area (Å²) in [6.45, 7) is 5.63. The first kappa shape index (κ1) is 15.2. The number of piperidine rings is 1. The summed E-state index contributed by atoms with van der Waals surface area (Å²) >= 11 is 0. The molecule has 0 saturated carbocycles. The zero-order valence-electron chi connectivity index (χ0n) is 14.2. The number of pyridine rings is 1. The van der Waals surface area contributed by atoms with E-state index in [0.717, 1.165) is 35.1 Å². The second kappa shape index (κ2) is 6.29. The number of hydrogen-bond acceptors (Lipinski definition) is 3. The normalized spacial score (nSPS) is 16.7. The third-order valence-electron chi connectivity index (χ3n) is 5.06. The smallest absolute Gasteiger partial charge is 0.137 e. The Balaban J connectivity index is 1.74. The number of fused-ring (bicyclic) bond motifs is 1. The lowest BCUT2D eigenvalue weighted by molar-refractivity contribution is 0.183. The fourth-order valence-electron chi connectivity index (χ4n) is 3.50. The number of benzene rings is 1. The van der Waals surface area contributed by atoms with E-state index in [-0.39, 0.29) is 0 Å². The second-order valence-corrected chi connectivity index (χ2v) is 6.92. The number of nitrogen functional groups attached to an aromatic ring is 1. The highest BCUT2D eigenvalue weighted by atomic mass is 15.2. The molecule has 1 aliphatic heterocycles. The van der Waals surface area contributed by atoms with Crippen LogP contribution in [0.15, 0.2) is 48.7 Å². The molecule has 0 atom stereocenters. The van der Waals surface area contributed by atoms with Crippen LogP contribution in [-0.4, -0.2) is 27.4 Å². The predicted molar refractivity (Wildman–Crippen MR) is 98.7 cm³/mol. The van der Waals surface area contributed by atoms with Gasteiger partial charge in [-0.1, -0.05) is 25.1 Å². The van der Waals surface area contributed by atoms with Gasteiger partial charge in [-0.3, -0.25) is 4.90 Å². The first-order valence-corrected chi connectivity index (χ1v) is 8.75. The van der Waals surface area contributed by atoms with E-state index >= 15 is 0 Å². The van der Waals surface area contributed by atoms with Gasteiger partial charge >= 0.3 is 0 Å². The molecule has 1 aliphatic rings. The van der Waals surface area contributed by atoms with Crippen LogP contribution in [0.1, 0.15) is 25.5 Å². The highest BCUT2D eigenvalue weighted by Crippen LogP contribution is 2.27. The quantitative estimate of drug-likeness (QED) is 0.746. The number of imidazole rings is 1. The summed E-state index contributed by atoms with van der Waals surface area (Å²) in [5.74, 6) is 0.847. The molecule has 24 heavy (non-hydrogen) atoms. The Hall–Kier alpha value is -2.33. The van der Waals surface area contributed by atoms with E-state index in [1.807, 2.05) is 18.2 Å². The molecular formula is C20H24N4. The van der Waals surface area contributed by atoms with Crippen molar-refractivity contribution >= 4 is 11.3 Å². The molecule has 0 aliphatic carbocycles. The van der Waals surface area contributed by atoms with Crippen LogP contribution < -0.4 is 5.73 Å². The second-order valence-electron chi connectivity index (χ2n) is 6.92. The first-order valence-electron chi connectivity index (χ1n) is 8.75. The predicted octanol–water partition coefficient (Wildman–Crippen LogP) is 3.82. The van der Waals surface area contributed by atoms with E-state index in [9.17, 15) is 0 Å². The third-order valence-corrected chi connectivity index (χ3v) is 5.06. The molecule has 0 unspecified atom stereocenters. The lowest BCUT2D eigenvalue weighted by atomic mass is 9.99. The van der Waals surface area contributed by atoms with Gasteiger partial charge in [-0.2, -0.15) is 0 Å². The number of nitrogens with zero attached hydrogens (tertiary/aromatic N) is 3. The molecule has 124 valence electrons. The van der Waals surface area contributed by atoms with Gasteiger partial charge in [-0.15, -0.1) is 0 Å². The van der Waals surface area contributed by atoms with Crippen LogP contribution in [0.3, 0.4) is 0 Å². The van der Waals surface area contributed by atoms with Gasteiger partial charge in [-0.05, 0) is 56.1 Å².